The van der Waals surface area contributed by atoms with Gasteiger partial charge in [0.15, 0.2) is 6.10 Å². The Morgan fingerprint density at radius 3 is 1.12 bits per heavy atom. The van der Waals surface area contributed by atoms with E-state index in [0.717, 1.165) is 57.8 Å². The van der Waals surface area contributed by atoms with Crippen LogP contribution in [0.4, 0.5) is 0 Å². The van der Waals surface area contributed by atoms with E-state index in [9.17, 15) is 19.0 Å². The lowest BCUT2D eigenvalue weighted by Gasteiger charge is -2.24. The summed E-state index contributed by atoms with van der Waals surface area (Å²) in [4.78, 5) is 35.6. The molecule has 0 spiro atoms. The molecular formula is C66H127NO8P+. The third kappa shape index (κ3) is 61.4. The van der Waals surface area contributed by atoms with Gasteiger partial charge in [0.2, 0.25) is 0 Å². The van der Waals surface area contributed by atoms with E-state index < -0.39 is 26.5 Å². The van der Waals surface area contributed by atoms with E-state index in [-0.39, 0.29) is 32.0 Å². The maximum Gasteiger partial charge on any atom is 0.472 e. The van der Waals surface area contributed by atoms with Crippen LogP contribution in [-0.4, -0.2) is 74.9 Å². The number of nitrogens with zero attached hydrogens (tertiary/aromatic N) is 1. The SMILES string of the molecule is CC/C=C\C/C=C\C/C=C\CCCCCC(=O)OC(COC(=O)CCCCCCCCCCCCCCCCCCCCCCCCCCCCCCCCCCCCCCCCC)COP(=O)(O)OCC[N+](C)(C)C. The molecule has 76 heavy (non-hydrogen) atoms. The molecule has 0 aliphatic carbocycles. The van der Waals surface area contributed by atoms with Crippen LogP contribution in [0.5, 0.6) is 0 Å². The van der Waals surface area contributed by atoms with E-state index in [2.05, 4.69) is 50.3 Å². The minimum absolute atomic E-state index is 0.0268. The number of carbonyl (C=O) groups is 2. The monoisotopic (exact) mass is 1090 g/mol. The first-order chi connectivity index (χ1) is 37.0. The molecule has 10 heteroatoms. The molecular weight excluding hydrogens is 966 g/mol. The summed E-state index contributed by atoms with van der Waals surface area (Å²) in [6.07, 6.45) is 72.9. The summed E-state index contributed by atoms with van der Waals surface area (Å²) in [5.74, 6) is -0.820. The standard InChI is InChI=1S/C66H126NO8P/c1-6-8-10-12-14-16-18-20-21-22-23-24-25-26-27-28-29-30-31-32-33-34-35-36-37-38-39-40-41-42-43-44-45-47-48-50-52-54-56-58-65(68)72-62-64(63-74-76(70,71)73-61-60-67(3,4)5)75-66(69)59-57-55-53-51-49-46-19-17-15-13-11-9-7-2/h9,11,15,17,46,49,64H,6-8,10,12-14,16,18-45,47-48,50-63H2,1-5H3/p+1/b11-9-,17-15-,49-46-. The van der Waals surface area contributed by atoms with Crippen molar-refractivity contribution in [3.05, 3.63) is 36.5 Å². The highest BCUT2D eigenvalue weighted by Gasteiger charge is 2.27. The van der Waals surface area contributed by atoms with E-state index in [1.165, 1.54) is 231 Å². The first-order valence-electron chi connectivity index (χ1n) is 32.7. The summed E-state index contributed by atoms with van der Waals surface area (Å²) in [5, 5.41) is 0. The van der Waals surface area contributed by atoms with Gasteiger partial charge in [-0.3, -0.25) is 18.6 Å². The largest absolute Gasteiger partial charge is 0.472 e. The van der Waals surface area contributed by atoms with Gasteiger partial charge in [0.25, 0.3) is 0 Å². The van der Waals surface area contributed by atoms with Gasteiger partial charge in [-0.15, -0.1) is 0 Å². The Kier molecular flexibility index (Phi) is 56.6. The van der Waals surface area contributed by atoms with Crippen LogP contribution in [0.25, 0.3) is 0 Å². The second-order valence-corrected chi connectivity index (χ2v) is 24.9. The van der Waals surface area contributed by atoms with Crippen molar-refractivity contribution < 1.29 is 42.1 Å². The summed E-state index contributed by atoms with van der Waals surface area (Å²) in [7, 11) is 1.47. The molecule has 9 nitrogen and oxygen atoms in total. The van der Waals surface area contributed by atoms with Crippen LogP contribution in [0.2, 0.25) is 0 Å². The lowest BCUT2D eigenvalue weighted by Crippen LogP contribution is -2.37. The van der Waals surface area contributed by atoms with Gasteiger partial charge in [0, 0.05) is 12.8 Å². The van der Waals surface area contributed by atoms with Crippen LogP contribution in [0.15, 0.2) is 36.5 Å². The molecule has 0 saturated carbocycles. The van der Waals surface area contributed by atoms with E-state index >= 15 is 0 Å². The van der Waals surface area contributed by atoms with Crippen molar-refractivity contribution in [1.82, 2.24) is 0 Å². The van der Waals surface area contributed by atoms with Crippen LogP contribution in [-0.2, 0) is 32.7 Å². The molecule has 0 radical (unpaired) electrons. The molecule has 0 aromatic heterocycles. The Morgan fingerprint density at radius 2 is 0.750 bits per heavy atom. The van der Waals surface area contributed by atoms with Crippen molar-refractivity contribution in [2.24, 2.45) is 0 Å². The fourth-order valence-corrected chi connectivity index (χ4v) is 10.4. The van der Waals surface area contributed by atoms with Gasteiger partial charge in [-0.1, -0.05) is 301 Å². The molecule has 0 amide bonds. The number of rotatable bonds is 61. The first kappa shape index (κ1) is 74.2. The highest BCUT2D eigenvalue weighted by atomic mass is 31.2. The highest BCUT2D eigenvalue weighted by Crippen LogP contribution is 2.43. The topological polar surface area (TPSA) is 108 Å². The van der Waals surface area contributed by atoms with Crippen molar-refractivity contribution in [2.75, 3.05) is 47.5 Å². The predicted molar refractivity (Wildman–Crippen MR) is 326 cm³/mol. The van der Waals surface area contributed by atoms with Crippen LogP contribution in [0.1, 0.15) is 322 Å². The Bertz CT molecular complexity index is 1380. The van der Waals surface area contributed by atoms with Gasteiger partial charge in [-0.25, -0.2) is 4.57 Å². The number of carbonyl (C=O) groups excluding carboxylic acids is 2. The summed E-state index contributed by atoms with van der Waals surface area (Å²) >= 11 is 0. The molecule has 0 aliphatic rings. The van der Waals surface area contributed by atoms with Crippen LogP contribution >= 0.6 is 7.82 Å². The van der Waals surface area contributed by atoms with Crippen molar-refractivity contribution >= 4 is 19.8 Å². The van der Waals surface area contributed by atoms with Crippen molar-refractivity contribution in [3.8, 4) is 0 Å². The average molecular weight is 1090 g/mol. The zero-order valence-corrected chi connectivity index (χ0v) is 51.9. The number of likely N-dealkylation sites (N-methyl/N-ethyl adjacent to an activating group) is 1. The third-order valence-electron chi connectivity index (χ3n) is 14.7. The highest BCUT2D eigenvalue weighted by molar-refractivity contribution is 7.47. The molecule has 0 aliphatic heterocycles. The number of allylic oxidation sites excluding steroid dienone is 6. The predicted octanol–water partition coefficient (Wildman–Crippen LogP) is 20.7. The molecule has 1 N–H and O–H groups in total. The molecule has 0 fully saturated rings. The third-order valence-corrected chi connectivity index (χ3v) is 15.7. The Morgan fingerprint density at radius 1 is 0.421 bits per heavy atom. The van der Waals surface area contributed by atoms with Crippen LogP contribution < -0.4 is 0 Å². The summed E-state index contributed by atoms with van der Waals surface area (Å²) in [6.45, 7) is 4.32. The maximum absolute atomic E-state index is 12.7. The van der Waals surface area contributed by atoms with E-state index in [1.54, 1.807) is 0 Å². The van der Waals surface area contributed by atoms with E-state index in [0.29, 0.717) is 17.4 Å². The number of quaternary nitrogens is 1. The van der Waals surface area contributed by atoms with Crippen LogP contribution in [0, 0.1) is 0 Å². The molecule has 0 aromatic rings. The number of ether oxygens (including phenoxy) is 2. The molecule has 2 unspecified atom stereocenters. The number of esters is 2. The molecule has 448 valence electrons. The first-order valence-corrected chi connectivity index (χ1v) is 34.2. The quantitative estimate of drug-likeness (QED) is 0.0211. The lowest BCUT2D eigenvalue weighted by molar-refractivity contribution is -0.870. The summed E-state index contributed by atoms with van der Waals surface area (Å²) in [5.41, 5.74) is 0. The van der Waals surface area contributed by atoms with Gasteiger partial charge in [0.1, 0.15) is 19.8 Å². The summed E-state index contributed by atoms with van der Waals surface area (Å²) in [6, 6.07) is 0. The van der Waals surface area contributed by atoms with Gasteiger partial charge in [-0.05, 0) is 44.9 Å². The van der Waals surface area contributed by atoms with E-state index in [4.69, 9.17) is 18.5 Å². The normalized spacial score (nSPS) is 13.4. The second kappa shape index (κ2) is 57.9. The van der Waals surface area contributed by atoms with E-state index in [1.807, 2.05) is 21.1 Å². The second-order valence-electron chi connectivity index (χ2n) is 23.5. The minimum Gasteiger partial charge on any atom is -0.462 e. The average Bonchev–Trinajstić information content (AvgIpc) is 3.38. The molecule has 0 aromatic carbocycles. The number of hydrogen-bond donors (Lipinski definition) is 1. The Labute approximate surface area is 471 Å². The molecule has 2 atom stereocenters. The molecule has 0 bridgehead atoms. The van der Waals surface area contributed by atoms with Gasteiger partial charge < -0.3 is 18.9 Å². The minimum atomic E-state index is -4.39. The van der Waals surface area contributed by atoms with Crippen molar-refractivity contribution in [3.63, 3.8) is 0 Å². The zero-order chi connectivity index (χ0) is 55.6. The maximum atomic E-state index is 12.7. The van der Waals surface area contributed by atoms with Gasteiger partial charge in [-0.2, -0.15) is 0 Å². The zero-order valence-electron chi connectivity index (χ0n) is 51.0. The summed E-state index contributed by atoms with van der Waals surface area (Å²) < 4.78 is 34.5. The smallest absolute Gasteiger partial charge is 0.462 e. The number of phosphoric acid groups is 1. The Hall–Kier alpha value is -1.77. The number of unbranched alkanes of at least 4 members (excludes halogenated alkanes) is 41. The number of hydrogen-bond acceptors (Lipinski definition) is 7. The van der Waals surface area contributed by atoms with Crippen molar-refractivity contribution in [2.45, 2.75) is 328 Å². The fraction of sp³-hybridized carbons (Fsp3) is 0.879. The molecule has 0 heterocycles. The number of phosphoric ester groups is 1. The van der Waals surface area contributed by atoms with Gasteiger partial charge >= 0.3 is 19.8 Å². The van der Waals surface area contributed by atoms with Gasteiger partial charge in [0.05, 0.1) is 27.7 Å². The van der Waals surface area contributed by atoms with Crippen LogP contribution in [0.3, 0.4) is 0 Å². The molecule has 0 saturated heterocycles. The van der Waals surface area contributed by atoms with Crippen molar-refractivity contribution in [1.29, 1.82) is 0 Å². The molecule has 0 rings (SSSR count). The lowest BCUT2D eigenvalue weighted by atomic mass is 10.0. The Balaban J connectivity index is 3.82. The fourth-order valence-electron chi connectivity index (χ4n) is 9.68.